The molecule has 0 spiro atoms. The average molecular weight is 400 g/mol. The van der Waals surface area contributed by atoms with Gasteiger partial charge in [0, 0.05) is 0 Å². The second kappa shape index (κ2) is 16.1. The molecule has 3 aliphatic rings. The molecule has 0 aliphatic carbocycles. The Bertz CT molecular complexity index is 309. The highest BCUT2D eigenvalue weighted by Crippen LogP contribution is 2.33. The standard InChI is InChI=1S/C25H50N.ClH/c1-2-3-4-5-6-7-8-9-10-11-12-13-14-15-16-17-21-26-22-18-25(19-23-26)20-24-26;/h25H,2-24H2,1H3;1H/q+1;/p-1. The minimum absolute atomic E-state index is 0. The summed E-state index contributed by atoms with van der Waals surface area (Å²) in [4.78, 5) is 0. The average Bonchev–Trinajstić information content (AvgIpc) is 2.69. The number of piperidine rings is 3. The summed E-state index contributed by atoms with van der Waals surface area (Å²) < 4.78 is 1.51. The van der Waals surface area contributed by atoms with Crippen LogP contribution in [0.15, 0.2) is 0 Å². The van der Waals surface area contributed by atoms with Gasteiger partial charge in [0.1, 0.15) is 0 Å². The first-order chi connectivity index (χ1) is 12.8. The monoisotopic (exact) mass is 399 g/mol. The van der Waals surface area contributed by atoms with Crippen LogP contribution in [0.4, 0.5) is 0 Å². The highest BCUT2D eigenvalue weighted by Gasteiger charge is 2.38. The third-order valence-electron chi connectivity index (χ3n) is 7.52. The lowest BCUT2D eigenvalue weighted by Crippen LogP contribution is -3.00. The van der Waals surface area contributed by atoms with Crippen molar-refractivity contribution in [3.63, 3.8) is 0 Å². The van der Waals surface area contributed by atoms with E-state index < -0.39 is 0 Å². The molecule has 2 bridgehead atoms. The summed E-state index contributed by atoms with van der Waals surface area (Å²) in [5.74, 6) is 1.11. The van der Waals surface area contributed by atoms with Crippen molar-refractivity contribution in [3.8, 4) is 0 Å². The Morgan fingerprint density at radius 3 is 1.22 bits per heavy atom. The van der Waals surface area contributed by atoms with E-state index in [-0.39, 0.29) is 12.4 Å². The molecule has 1 nitrogen and oxygen atoms in total. The molecule has 0 saturated carbocycles. The number of unbranched alkanes of at least 4 members (excludes halogenated alkanes) is 15. The topological polar surface area (TPSA) is 0 Å². The van der Waals surface area contributed by atoms with Crippen LogP contribution in [0, 0.1) is 5.92 Å². The number of halogens is 1. The van der Waals surface area contributed by atoms with Crippen molar-refractivity contribution in [1.82, 2.24) is 0 Å². The summed E-state index contributed by atoms with van der Waals surface area (Å²) >= 11 is 0. The van der Waals surface area contributed by atoms with Crippen LogP contribution in [0.3, 0.4) is 0 Å². The molecule has 0 unspecified atom stereocenters. The van der Waals surface area contributed by atoms with E-state index >= 15 is 0 Å². The maximum absolute atomic E-state index is 2.31. The third kappa shape index (κ3) is 11.1. The molecule has 0 aromatic rings. The van der Waals surface area contributed by atoms with Gasteiger partial charge in [-0.1, -0.05) is 96.8 Å². The first-order valence-electron chi connectivity index (χ1n) is 12.7. The Morgan fingerprint density at radius 2 is 0.852 bits per heavy atom. The van der Waals surface area contributed by atoms with Gasteiger partial charge in [-0.3, -0.25) is 0 Å². The predicted octanol–water partition coefficient (Wildman–Crippen LogP) is 4.88. The number of fused-ring (bicyclic) bond motifs is 3. The molecule has 3 saturated heterocycles. The van der Waals surface area contributed by atoms with Gasteiger partial charge in [-0.05, 0) is 38.0 Å². The van der Waals surface area contributed by atoms with E-state index in [0.29, 0.717) is 0 Å². The van der Waals surface area contributed by atoms with Crippen molar-refractivity contribution in [2.45, 2.75) is 129 Å². The Balaban J connectivity index is 0.00000364. The highest BCUT2D eigenvalue weighted by molar-refractivity contribution is 4.71. The van der Waals surface area contributed by atoms with Crippen LogP contribution in [0.1, 0.15) is 129 Å². The summed E-state index contributed by atoms with van der Waals surface area (Å²) in [5, 5.41) is 0. The normalized spacial score (nSPS) is 24.1. The molecule has 0 N–H and O–H groups in total. The lowest BCUT2D eigenvalue weighted by Gasteiger charge is -2.49. The van der Waals surface area contributed by atoms with Gasteiger partial charge in [0.05, 0.1) is 26.2 Å². The van der Waals surface area contributed by atoms with E-state index in [4.69, 9.17) is 0 Å². The van der Waals surface area contributed by atoms with Crippen molar-refractivity contribution in [3.05, 3.63) is 0 Å². The quantitative estimate of drug-likeness (QED) is 0.241. The largest absolute Gasteiger partial charge is 1.00 e. The van der Waals surface area contributed by atoms with E-state index in [1.165, 1.54) is 133 Å². The summed E-state index contributed by atoms with van der Waals surface area (Å²) in [7, 11) is 0. The van der Waals surface area contributed by atoms with Crippen LogP contribution < -0.4 is 12.4 Å². The van der Waals surface area contributed by atoms with Gasteiger partial charge < -0.3 is 16.9 Å². The number of quaternary nitrogens is 1. The third-order valence-corrected chi connectivity index (χ3v) is 7.52. The van der Waals surface area contributed by atoms with Crippen LogP contribution in [-0.2, 0) is 0 Å². The van der Waals surface area contributed by atoms with Crippen LogP contribution in [0.25, 0.3) is 0 Å². The van der Waals surface area contributed by atoms with Gasteiger partial charge >= 0.3 is 0 Å². The SMILES string of the molecule is CCCCCCCCCCCCCCCCCC[N+]12CCC(CC1)CC2.[Cl-]. The molecule has 162 valence electrons. The molecule has 3 aliphatic heterocycles. The Morgan fingerprint density at radius 1 is 0.519 bits per heavy atom. The van der Waals surface area contributed by atoms with Gasteiger partial charge in [-0.15, -0.1) is 0 Å². The van der Waals surface area contributed by atoms with Crippen molar-refractivity contribution in [2.75, 3.05) is 26.2 Å². The number of hydrogen-bond acceptors (Lipinski definition) is 0. The van der Waals surface area contributed by atoms with Gasteiger partial charge in [-0.25, -0.2) is 0 Å². The number of hydrogen-bond donors (Lipinski definition) is 0. The summed E-state index contributed by atoms with van der Waals surface area (Å²) in [6.45, 7) is 8.36. The van der Waals surface area contributed by atoms with Crippen molar-refractivity contribution < 1.29 is 16.9 Å². The Labute approximate surface area is 178 Å². The van der Waals surface area contributed by atoms with Gasteiger partial charge in [-0.2, -0.15) is 0 Å². The summed E-state index contributed by atoms with van der Waals surface area (Å²) in [6.07, 6.45) is 28.4. The van der Waals surface area contributed by atoms with Gasteiger partial charge in [0.2, 0.25) is 0 Å². The van der Waals surface area contributed by atoms with Crippen LogP contribution >= 0.6 is 0 Å². The van der Waals surface area contributed by atoms with Crippen molar-refractivity contribution in [1.29, 1.82) is 0 Å². The van der Waals surface area contributed by atoms with E-state index in [0.717, 1.165) is 5.92 Å². The maximum Gasteiger partial charge on any atom is 0.0789 e. The van der Waals surface area contributed by atoms with E-state index in [9.17, 15) is 0 Å². The number of rotatable bonds is 17. The smallest absolute Gasteiger partial charge is 0.0789 e. The van der Waals surface area contributed by atoms with E-state index in [2.05, 4.69) is 6.92 Å². The molecule has 2 heteroatoms. The molecule has 3 heterocycles. The van der Waals surface area contributed by atoms with Gasteiger partial charge in [0.25, 0.3) is 0 Å². The molecule has 0 amide bonds. The van der Waals surface area contributed by atoms with Crippen LogP contribution in [0.2, 0.25) is 0 Å². The maximum atomic E-state index is 2.31. The summed E-state index contributed by atoms with van der Waals surface area (Å²) in [6, 6.07) is 0. The molecule has 0 aromatic carbocycles. The Hall–Kier alpha value is 0.250. The summed E-state index contributed by atoms with van der Waals surface area (Å²) in [5.41, 5.74) is 0. The van der Waals surface area contributed by atoms with Crippen LogP contribution in [-0.4, -0.2) is 30.7 Å². The molecule has 27 heavy (non-hydrogen) atoms. The molecular weight excluding hydrogens is 350 g/mol. The predicted molar refractivity (Wildman–Crippen MR) is 117 cm³/mol. The zero-order valence-electron chi connectivity index (χ0n) is 18.7. The molecule has 3 rings (SSSR count). The van der Waals surface area contributed by atoms with Gasteiger partial charge in [0.15, 0.2) is 0 Å². The second-order valence-electron chi connectivity index (χ2n) is 9.77. The van der Waals surface area contributed by atoms with E-state index in [1.54, 1.807) is 19.3 Å². The molecule has 3 fully saturated rings. The fraction of sp³-hybridized carbons (Fsp3) is 1.00. The fourth-order valence-electron chi connectivity index (χ4n) is 5.47. The van der Waals surface area contributed by atoms with Crippen LogP contribution in [0.5, 0.6) is 0 Å². The second-order valence-corrected chi connectivity index (χ2v) is 9.77. The van der Waals surface area contributed by atoms with Crippen molar-refractivity contribution in [2.24, 2.45) is 5.92 Å². The Kier molecular flexibility index (Phi) is 15.1. The first-order valence-corrected chi connectivity index (χ1v) is 12.7. The minimum Gasteiger partial charge on any atom is -1.00 e. The van der Waals surface area contributed by atoms with Crippen molar-refractivity contribution >= 4 is 0 Å². The molecular formula is C25H50ClN. The zero-order valence-corrected chi connectivity index (χ0v) is 19.4. The van der Waals surface area contributed by atoms with E-state index in [1.807, 2.05) is 0 Å². The minimum atomic E-state index is 0. The molecule has 0 aromatic heterocycles. The lowest BCUT2D eigenvalue weighted by molar-refractivity contribution is -0.942. The zero-order chi connectivity index (χ0) is 18.3. The lowest BCUT2D eigenvalue weighted by atomic mass is 9.85. The first kappa shape index (κ1) is 25.3. The molecule has 0 atom stereocenters. The highest BCUT2D eigenvalue weighted by atomic mass is 35.5. The fourth-order valence-corrected chi connectivity index (χ4v) is 5.47. The molecule has 0 radical (unpaired) electrons. The number of nitrogens with zero attached hydrogens (tertiary/aromatic N) is 1.